The summed E-state index contributed by atoms with van der Waals surface area (Å²) in [5.74, 6) is 0.635. The van der Waals surface area contributed by atoms with Crippen LogP contribution in [0.1, 0.15) is 25.0 Å². The van der Waals surface area contributed by atoms with Gasteiger partial charge in [-0.25, -0.2) is 4.79 Å². The van der Waals surface area contributed by atoms with Crippen LogP contribution in [0.15, 0.2) is 78.9 Å². The molecule has 3 aromatic rings. The number of carbonyl (C=O) groups excluding carboxylic acids is 1. The van der Waals surface area contributed by atoms with Crippen molar-refractivity contribution in [2.75, 3.05) is 0 Å². The molecule has 0 aliphatic heterocycles. The van der Waals surface area contributed by atoms with E-state index < -0.39 is 11.6 Å². The van der Waals surface area contributed by atoms with Crippen LogP contribution in [0.25, 0.3) is 0 Å². The minimum absolute atomic E-state index is 0.460. The van der Waals surface area contributed by atoms with Crippen molar-refractivity contribution in [1.82, 2.24) is 0 Å². The van der Waals surface area contributed by atoms with Crippen LogP contribution in [-0.2, 0) is 11.2 Å². The molecule has 138 valence electrons. The topological polar surface area (TPSA) is 35.5 Å². The van der Waals surface area contributed by atoms with E-state index >= 15 is 0 Å². The van der Waals surface area contributed by atoms with Crippen LogP contribution in [0.4, 0.5) is 0 Å². The second-order valence-electron chi connectivity index (χ2n) is 6.73. The van der Waals surface area contributed by atoms with Crippen LogP contribution in [0.5, 0.6) is 11.5 Å². The first-order chi connectivity index (χ1) is 12.9. The number of benzene rings is 3. The summed E-state index contributed by atoms with van der Waals surface area (Å²) in [6.45, 7) is 3.37. The molecule has 0 spiro atoms. The highest BCUT2D eigenvalue weighted by atomic mass is 35.5. The summed E-state index contributed by atoms with van der Waals surface area (Å²) >= 11 is 5.89. The number of halogens is 1. The van der Waals surface area contributed by atoms with Gasteiger partial charge in [-0.15, -0.1) is 0 Å². The van der Waals surface area contributed by atoms with Gasteiger partial charge in [0.15, 0.2) is 0 Å². The van der Waals surface area contributed by atoms with Crippen LogP contribution in [0.2, 0.25) is 5.02 Å². The largest absolute Gasteiger partial charge is 0.476 e. The molecule has 0 aliphatic carbocycles. The fourth-order valence-electron chi connectivity index (χ4n) is 2.63. The molecule has 0 unspecified atom stereocenters. The van der Waals surface area contributed by atoms with E-state index in [-0.39, 0.29) is 0 Å². The maximum absolute atomic E-state index is 12.7. The Morgan fingerprint density at radius 2 is 1.52 bits per heavy atom. The van der Waals surface area contributed by atoms with Crippen LogP contribution < -0.4 is 9.47 Å². The minimum Gasteiger partial charge on any atom is -0.476 e. The molecule has 3 rings (SSSR count). The Labute approximate surface area is 164 Å². The summed E-state index contributed by atoms with van der Waals surface area (Å²) in [6.07, 6.45) is 0.683. The van der Waals surface area contributed by atoms with E-state index in [1.165, 1.54) is 0 Å². The molecule has 0 atom stereocenters. The first-order valence-corrected chi connectivity index (χ1v) is 9.10. The number of para-hydroxylation sites is 1. The molecule has 0 aliphatic rings. The average molecular weight is 381 g/mol. The number of hydrogen-bond acceptors (Lipinski definition) is 3. The Bertz CT molecular complexity index is 902. The van der Waals surface area contributed by atoms with E-state index in [1.54, 1.807) is 44.2 Å². The van der Waals surface area contributed by atoms with Crippen molar-refractivity contribution in [3.8, 4) is 11.5 Å². The number of ether oxygens (including phenoxy) is 2. The van der Waals surface area contributed by atoms with Crippen molar-refractivity contribution >= 4 is 17.6 Å². The molecule has 0 saturated carbocycles. The quantitative estimate of drug-likeness (QED) is 0.407. The lowest BCUT2D eigenvalue weighted by Gasteiger charge is -2.24. The van der Waals surface area contributed by atoms with Gasteiger partial charge in [-0.3, -0.25) is 0 Å². The van der Waals surface area contributed by atoms with E-state index in [1.807, 2.05) is 48.5 Å². The predicted molar refractivity (Wildman–Crippen MR) is 107 cm³/mol. The number of carbonyl (C=O) groups is 1. The van der Waals surface area contributed by atoms with Gasteiger partial charge in [-0.05, 0) is 55.3 Å². The maximum atomic E-state index is 12.7. The molecule has 0 saturated heterocycles. The minimum atomic E-state index is -1.15. The molecular formula is C23H21ClO3. The van der Waals surface area contributed by atoms with Crippen molar-refractivity contribution in [2.24, 2.45) is 0 Å². The van der Waals surface area contributed by atoms with Crippen LogP contribution >= 0.6 is 11.6 Å². The number of hydrogen-bond donors (Lipinski definition) is 0. The maximum Gasteiger partial charge on any atom is 0.355 e. The zero-order chi connectivity index (χ0) is 19.3. The summed E-state index contributed by atoms with van der Waals surface area (Å²) in [7, 11) is 0. The lowest BCUT2D eigenvalue weighted by molar-refractivity contribution is -0.149. The zero-order valence-corrected chi connectivity index (χ0v) is 16.1. The number of esters is 1. The molecule has 0 N–H and O–H groups in total. The predicted octanol–water partition coefficient (Wildman–Crippen LogP) is 5.69. The summed E-state index contributed by atoms with van der Waals surface area (Å²) in [5.41, 5.74) is 0.949. The molecule has 3 nitrogen and oxygen atoms in total. The first-order valence-electron chi connectivity index (χ1n) is 8.73. The lowest BCUT2D eigenvalue weighted by atomic mass is 10.0. The zero-order valence-electron chi connectivity index (χ0n) is 15.3. The van der Waals surface area contributed by atoms with Gasteiger partial charge in [0.25, 0.3) is 0 Å². The molecule has 0 fully saturated rings. The molecule has 0 radical (unpaired) electrons. The van der Waals surface area contributed by atoms with E-state index in [9.17, 15) is 4.79 Å². The van der Waals surface area contributed by atoms with E-state index in [0.717, 1.165) is 11.1 Å². The Balaban J connectivity index is 1.74. The normalized spacial score (nSPS) is 11.1. The first kappa shape index (κ1) is 19.0. The smallest absolute Gasteiger partial charge is 0.355 e. The molecule has 0 bridgehead atoms. The Kier molecular flexibility index (Phi) is 5.82. The average Bonchev–Trinajstić information content (AvgIpc) is 2.66. The van der Waals surface area contributed by atoms with Crippen LogP contribution in [-0.4, -0.2) is 11.6 Å². The van der Waals surface area contributed by atoms with Gasteiger partial charge in [0.1, 0.15) is 11.5 Å². The number of rotatable bonds is 6. The van der Waals surface area contributed by atoms with Gasteiger partial charge in [-0.2, -0.15) is 0 Å². The van der Waals surface area contributed by atoms with Gasteiger partial charge in [0.2, 0.25) is 5.60 Å². The van der Waals surface area contributed by atoms with Crippen LogP contribution in [0, 0.1) is 0 Å². The fraction of sp³-hybridized carbons (Fsp3) is 0.174. The third-order valence-electron chi connectivity index (χ3n) is 4.09. The fourth-order valence-corrected chi connectivity index (χ4v) is 2.75. The van der Waals surface area contributed by atoms with Gasteiger partial charge in [0.05, 0.1) is 0 Å². The van der Waals surface area contributed by atoms with Crippen molar-refractivity contribution in [3.63, 3.8) is 0 Å². The van der Waals surface area contributed by atoms with Gasteiger partial charge < -0.3 is 9.47 Å². The molecule has 4 heteroatoms. The van der Waals surface area contributed by atoms with E-state index in [4.69, 9.17) is 21.1 Å². The molecule has 0 aromatic heterocycles. The lowest BCUT2D eigenvalue weighted by Crippen LogP contribution is -2.41. The van der Waals surface area contributed by atoms with Crippen molar-refractivity contribution in [3.05, 3.63) is 95.0 Å². The Morgan fingerprint density at radius 3 is 2.22 bits per heavy atom. The highest BCUT2D eigenvalue weighted by Crippen LogP contribution is 2.26. The third-order valence-corrected chi connectivity index (χ3v) is 4.34. The van der Waals surface area contributed by atoms with Crippen LogP contribution in [0.3, 0.4) is 0 Å². The summed E-state index contributed by atoms with van der Waals surface area (Å²) < 4.78 is 11.5. The molecule has 0 heterocycles. The van der Waals surface area contributed by atoms with Gasteiger partial charge in [0, 0.05) is 11.4 Å². The molecule has 27 heavy (non-hydrogen) atoms. The van der Waals surface area contributed by atoms with E-state index in [0.29, 0.717) is 22.9 Å². The SMILES string of the molecule is CC(C)(Oc1ccc(Cl)cc1)C(=O)Oc1ccccc1Cc1ccccc1. The highest BCUT2D eigenvalue weighted by molar-refractivity contribution is 6.30. The standard InChI is InChI=1S/C23H21ClO3/c1-23(2,27-20-14-12-19(24)13-15-20)22(25)26-21-11-7-6-10-18(21)16-17-8-4-3-5-9-17/h3-15H,16H2,1-2H3. The summed E-state index contributed by atoms with van der Waals surface area (Å²) in [5, 5.41) is 0.609. The molecule has 3 aromatic carbocycles. The van der Waals surface area contributed by atoms with Gasteiger partial charge in [-0.1, -0.05) is 60.1 Å². The summed E-state index contributed by atoms with van der Waals surface area (Å²) in [6, 6.07) is 24.5. The molecule has 0 amide bonds. The highest BCUT2D eigenvalue weighted by Gasteiger charge is 2.32. The van der Waals surface area contributed by atoms with Crippen molar-refractivity contribution in [1.29, 1.82) is 0 Å². The van der Waals surface area contributed by atoms with Crippen molar-refractivity contribution < 1.29 is 14.3 Å². The van der Waals surface area contributed by atoms with Crippen molar-refractivity contribution in [2.45, 2.75) is 25.9 Å². The monoisotopic (exact) mass is 380 g/mol. The second-order valence-corrected chi connectivity index (χ2v) is 7.16. The Hall–Kier alpha value is -2.78. The second kappa shape index (κ2) is 8.28. The van der Waals surface area contributed by atoms with E-state index in [2.05, 4.69) is 0 Å². The Morgan fingerprint density at radius 1 is 0.889 bits per heavy atom. The van der Waals surface area contributed by atoms with Gasteiger partial charge >= 0.3 is 5.97 Å². The third kappa shape index (κ3) is 5.11. The summed E-state index contributed by atoms with van der Waals surface area (Å²) in [4.78, 5) is 12.7. The molecular weight excluding hydrogens is 360 g/mol.